The number of nitrogens with two attached hydrogens (primary N) is 1. The maximum Gasteiger partial charge on any atom is 0.0360 e. The number of hydrogen-bond donors (Lipinski definition) is 2. The van der Waals surface area contributed by atoms with Crippen molar-refractivity contribution in [3.63, 3.8) is 0 Å². The Hall–Kier alpha value is -1.18. The van der Waals surface area contributed by atoms with E-state index in [0.717, 1.165) is 29.8 Å². The highest BCUT2D eigenvalue weighted by atomic mass is 14.9. The van der Waals surface area contributed by atoms with E-state index >= 15 is 0 Å². The van der Waals surface area contributed by atoms with Crippen molar-refractivity contribution in [2.75, 3.05) is 17.6 Å². The molecule has 0 radical (unpaired) electrons. The van der Waals surface area contributed by atoms with Gasteiger partial charge in [0.1, 0.15) is 0 Å². The standard InChI is InChI=1S/C13H20N2/c1-10-5-6-11(7-10)9-15-13-4-2-3-12(14)8-13/h2-4,8,10-11,15H,5-7,9,14H2,1H3. The van der Waals surface area contributed by atoms with Gasteiger partial charge < -0.3 is 11.1 Å². The molecule has 1 aliphatic carbocycles. The largest absolute Gasteiger partial charge is 0.399 e. The van der Waals surface area contributed by atoms with Crippen molar-refractivity contribution in [1.29, 1.82) is 0 Å². The monoisotopic (exact) mass is 204 g/mol. The number of nitrogens with one attached hydrogen (secondary N) is 1. The predicted molar refractivity (Wildman–Crippen MR) is 65.8 cm³/mol. The Kier molecular flexibility index (Phi) is 3.14. The summed E-state index contributed by atoms with van der Waals surface area (Å²) in [5.74, 6) is 1.76. The van der Waals surface area contributed by atoms with Crippen LogP contribution >= 0.6 is 0 Å². The van der Waals surface area contributed by atoms with Gasteiger partial charge in [-0.15, -0.1) is 0 Å². The zero-order valence-corrected chi connectivity index (χ0v) is 9.37. The molecule has 0 heterocycles. The highest BCUT2D eigenvalue weighted by molar-refractivity contribution is 5.54. The SMILES string of the molecule is CC1CCC(CNc2cccc(N)c2)C1. The lowest BCUT2D eigenvalue weighted by Crippen LogP contribution is -2.11. The van der Waals surface area contributed by atoms with Crippen molar-refractivity contribution < 1.29 is 0 Å². The second kappa shape index (κ2) is 4.56. The van der Waals surface area contributed by atoms with E-state index in [1.165, 1.54) is 19.3 Å². The van der Waals surface area contributed by atoms with Crippen molar-refractivity contribution in [1.82, 2.24) is 0 Å². The molecule has 2 heteroatoms. The Labute approximate surface area is 91.9 Å². The van der Waals surface area contributed by atoms with Gasteiger partial charge >= 0.3 is 0 Å². The average Bonchev–Trinajstić information content (AvgIpc) is 2.62. The number of anilines is 2. The fourth-order valence-electron chi connectivity index (χ4n) is 2.42. The van der Waals surface area contributed by atoms with E-state index in [-0.39, 0.29) is 0 Å². The number of benzene rings is 1. The summed E-state index contributed by atoms with van der Waals surface area (Å²) in [5, 5.41) is 3.47. The zero-order valence-electron chi connectivity index (χ0n) is 9.37. The van der Waals surface area contributed by atoms with E-state index < -0.39 is 0 Å². The summed E-state index contributed by atoms with van der Waals surface area (Å²) in [6, 6.07) is 7.99. The van der Waals surface area contributed by atoms with Gasteiger partial charge in [0, 0.05) is 17.9 Å². The minimum atomic E-state index is 0.833. The molecule has 82 valence electrons. The van der Waals surface area contributed by atoms with Crippen molar-refractivity contribution in [2.45, 2.75) is 26.2 Å². The quantitative estimate of drug-likeness (QED) is 0.742. The van der Waals surface area contributed by atoms with Crippen LogP contribution in [0.25, 0.3) is 0 Å². The molecule has 0 aromatic heterocycles. The first kappa shape index (κ1) is 10.3. The van der Waals surface area contributed by atoms with Crippen LogP contribution in [0.2, 0.25) is 0 Å². The van der Waals surface area contributed by atoms with Gasteiger partial charge in [-0.05, 0) is 42.9 Å². The van der Waals surface area contributed by atoms with Crippen LogP contribution in [0.1, 0.15) is 26.2 Å². The van der Waals surface area contributed by atoms with Gasteiger partial charge in [0.05, 0.1) is 0 Å². The summed E-state index contributed by atoms with van der Waals surface area (Å²) < 4.78 is 0. The van der Waals surface area contributed by atoms with Gasteiger partial charge in [0.25, 0.3) is 0 Å². The highest BCUT2D eigenvalue weighted by Gasteiger charge is 2.20. The van der Waals surface area contributed by atoms with Gasteiger partial charge in [-0.2, -0.15) is 0 Å². The van der Waals surface area contributed by atoms with Crippen LogP contribution in [0.15, 0.2) is 24.3 Å². The smallest absolute Gasteiger partial charge is 0.0360 e. The molecule has 1 aliphatic rings. The van der Waals surface area contributed by atoms with Gasteiger partial charge in [0.15, 0.2) is 0 Å². The van der Waals surface area contributed by atoms with Crippen LogP contribution in [0, 0.1) is 11.8 Å². The van der Waals surface area contributed by atoms with E-state index in [0.29, 0.717) is 0 Å². The second-order valence-corrected chi connectivity index (χ2v) is 4.79. The summed E-state index contributed by atoms with van der Waals surface area (Å²) >= 11 is 0. The van der Waals surface area contributed by atoms with Crippen LogP contribution in [0.3, 0.4) is 0 Å². The zero-order chi connectivity index (χ0) is 10.7. The van der Waals surface area contributed by atoms with Crippen LogP contribution in [0.5, 0.6) is 0 Å². The van der Waals surface area contributed by atoms with Gasteiger partial charge in [-0.3, -0.25) is 0 Å². The molecule has 1 saturated carbocycles. The van der Waals surface area contributed by atoms with E-state index in [1.54, 1.807) is 0 Å². The number of nitrogen functional groups attached to an aromatic ring is 1. The number of hydrogen-bond acceptors (Lipinski definition) is 2. The Morgan fingerprint density at radius 1 is 1.40 bits per heavy atom. The minimum absolute atomic E-state index is 0.833. The molecule has 2 rings (SSSR count). The van der Waals surface area contributed by atoms with Crippen LogP contribution in [-0.4, -0.2) is 6.54 Å². The molecule has 3 N–H and O–H groups in total. The molecule has 0 bridgehead atoms. The van der Waals surface area contributed by atoms with E-state index in [9.17, 15) is 0 Å². The topological polar surface area (TPSA) is 38.0 Å². The van der Waals surface area contributed by atoms with E-state index in [1.807, 2.05) is 18.2 Å². The normalized spacial score (nSPS) is 25.4. The van der Waals surface area contributed by atoms with E-state index in [4.69, 9.17) is 5.73 Å². The van der Waals surface area contributed by atoms with Crippen molar-refractivity contribution in [2.24, 2.45) is 11.8 Å². The van der Waals surface area contributed by atoms with Gasteiger partial charge in [-0.25, -0.2) is 0 Å². The van der Waals surface area contributed by atoms with Gasteiger partial charge in [-0.1, -0.05) is 19.4 Å². The summed E-state index contributed by atoms with van der Waals surface area (Å²) in [6.45, 7) is 3.44. The summed E-state index contributed by atoms with van der Waals surface area (Å²) in [7, 11) is 0. The molecule has 0 saturated heterocycles. The third-order valence-electron chi connectivity index (χ3n) is 3.28. The molecule has 15 heavy (non-hydrogen) atoms. The molecule has 2 unspecified atom stereocenters. The minimum Gasteiger partial charge on any atom is -0.399 e. The molecular weight excluding hydrogens is 184 g/mol. The van der Waals surface area contributed by atoms with Gasteiger partial charge in [0.2, 0.25) is 0 Å². The molecule has 0 spiro atoms. The van der Waals surface area contributed by atoms with Crippen molar-refractivity contribution in [3.8, 4) is 0 Å². The Morgan fingerprint density at radius 2 is 2.27 bits per heavy atom. The third-order valence-corrected chi connectivity index (χ3v) is 3.28. The lowest BCUT2D eigenvalue weighted by atomic mass is 10.1. The molecule has 2 atom stereocenters. The summed E-state index contributed by atoms with van der Waals surface area (Å²) in [5.41, 5.74) is 7.71. The summed E-state index contributed by atoms with van der Waals surface area (Å²) in [6.07, 6.45) is 4.13. The average molecular weight is 204 g/mol. The lowest BCUT2D eigenvalue weighted by Gasteiger charge is -2.12. The fraction of sp³-hybridized carbons (Fsp3) is 0.538. The molecule has 1 fully saturated rings. The predicted octanol–water partition coefficient (Wildman–Crippen LogP) is 3.12. The van der Waals surface area contributed by atoms with Crippen LogP contribution in [0.4, 0.5) is 11.4 Å². The highest BCUT2D eigenvalue weighted by Crippen LogP contribution is 2.30. The second-order valence-electron chi connectivity index (χ2n) is 4.79. The molecule has 1 aromatic rings. The van der Waals surface area contributed by atoms with Crippen LogP contribution in [-0.2, 0) is 0 Å². The first-order valence-corrected chi connectivity index (χ1v) is 5.83. The maximum atomic E-state index is 5.72. The number of rotatable bonds is 3. The first-order valence-electron chi connectivity index (χ1n) is 5.83. The molecule has 0 aliphatic heterocycles. The lowest BCUT2D eigenvalue weighted by molar-refractivity contribution is 0.537. The summed E-state index contributed by atoms with van der Waals surface area (Å²) in [4.78, 5) is 0. The third kappa shape index (κ3) is 2.88. The first-order chi connectivity index (χ1) is 7.24. The Morgan fingerprint density at radius 3 is 2.93 bits per heavy atom. The van der Waals surface area contributed by atoms with Crippen molar-refractivity contribution >= 4 is 11.4 Å². The Bertz CT molecular complexity index is 322. The van der Waals surface area contributed by atoms with E-state index in [2.05, 4.69) is 18.3 Å². The van der Waals surface area contributed by atoms with Crippen molar-refractivity contribution in [3.05, 3.63) is 24.3 Å². The van der Waals surface area contributed by atoms with Crippen LogP contribution < -0.4 is 11.1 Å². The Balaban J connectivity index is 1.83. The molecule has 2 nitrogen and oxygen atoms in total. The maximum absolute atomic E-state index is 5.72. The molecular formula is C13H20N2. The molecule has 0 amide bonds. The molecule has 1 aromatic carbocycles. The fourth-order valence-corrected chi connectivity index (χ4v) is 2.42.